The summed E-state index contributed by atoms with van der Waals surface area (Å²) in [6, 6.07) is 7.33. The molecule has 9 heteroatoms. The lowest BCUT2D eigenvalue weighted by atomic mass is 9.76. The van der Waals surface area contributed by atoms with E-state index in [1.54, 1.807) is 12.4 Å². The quantitative estimate of drug-likeness (QED) is 0.472. The van der Waals surface area contributed by atoms with E-state index in [1.807, 2.05) is 11.0 Å². The van der Waals surface area contributed by atoms with Crippen molar-refractivity contribution in [2.45, 2.75) is 44.7 Å². The summed E-state index contributed by atoms with van der Waals surface area (Å²) in [6.07, 6.45) is 6.50. The summed E-state index contributed by atoms with van der Waals surface area (Å²) in [5, 5.41) is 3.34. The Kier molecular flexibility index (Phi) is 7.62. The number of halogens is 3. The van der Waals surface area contributed by atoms with Gasteiger partial charge in [-0.2, -0.15) is 0 Å². The lowest BCUT2D eigenvalue weighted by Crippen LogP contribution is -2.36. The number of ether oxygens (including phenoxy) is 1. The second kappa shape index (κ2) is 11.1. The van der Waals surface area contributed by atoms with Crippen molar-refractivity contribution in [1.82, 2.24) is 9.97 Å². The number of hydrogen-bond donors (Lipinski definition) is 2. The number of pyridine rings is 2. The molecule has 2 aromatic heterocycles. The van der Waals surface area contributed by atoms with E-state index in [0.29, 0.717) is 49.5 Å². The molecular formula is C28H32F3N5O. The van der Waals surface area contributed by atoms with Gasteiger partial charge in [0.2, 0.25) is 0 Å². The summed E-state index contributed by atoms with van der Waals surface area (Å²) in [7, 11) is 0. The molecule has 3 N–H and O–H groups in total. The first-order valence-corrected chi connectivity index (χ1v) is 12.8. The summed E-state index contributed by atoms with van der Waals surface area (Å²) in [6.45, 7) is 4.51. The molecule has 3 atom stereocenters. The molecule has 0 unspecified atom stereocenters. The maximum absolute atomic E-state index is 15.1. The van der Waals surface area contributed by atoms with E-state index in [4.69, 9.17) is 10.5 Å². The minimum atomic E-state index is -0.852. The largest absolute Gasteiger partial charge is 0.378 e. The van der Waals surface area contributed by atoms with Gasteiger partial charge < -0.3 is 20.7 Å². The van der Waals surface area contributed by atoms with E-state index in [2.05, 4.69) is 22.2 Å². The predicted octanol–water partition coefficient (Wildman–Crippen LogP) is 5.24. The van der Waals surface area contributed by atoms with Crippen molar-refractivity contribution in [1.29, 1.82) is 0 Å². The van der Waals surface area contributed by atoms with Gasteiger partial charge in [-0.15, -0.1) is 0 Å². The molecule has 0 bridgehead atoms. The Balaban J connectivity index is 1.37. The van der Waals surface area contributed by atoms with Crippen molar-refractivity contribution in [2.75, 3.05) is 36.5 Å². The van der Waals surface area contributed by atoms with E-state index in [9.17, 15) is 4.39 Å². The third-order valence-electron chi connectivity index (χ3n) is 7.28. The third-order valence-corrected chi connectivity index (χ3v) is 7.28. The number of anilines is 2. The van der Waals surface area contributed by atoms with Crippen LogP contribution in [-0.2, 0) is 11.3 Å². The number of nitrogens with zero attached hydrogens (tertiary/aromatic N) is 3. The molecule has 1 saturated heterocycles. The van der Waals surface area contributed by atoms with Gasteiger partial charge >= 0.3 is 0 Å². The minimum Gasteiger partial charge on any atom is -0.378 e. The smallest absolute Gasteiger partial charge is 0.149 e. The SMILES string of the molecule is C[C@@H]1C[C@H](N)C[C@H](c2ccncc2NCc2ccc(F)c(-c3c(F)cc(N4CCOCC4)cc3F)n2)C1. The zero-order valence-electron chi connectivity index (χ0n) is 20.9. The second-order valence-electron chi connectivity index (χ2n) is 10.1. The van der Waals surface area contributed by atoms with Crippen LogP contribution in [0.25, 0.3) is 11.3 Å². The highest BCUT2D eigenvalue weighted by molar-refractivity contribution is 5.66. The number of benzene rings is 1. The summed E-state index contributed by atoms with van der Waals surface area (Å²) in [5.41, 5.74) is 8.31. The van der Waals surface area contributed by atoms with Crippen molar-refractivity contribution in [3.8, 4) is 11.3 Å². The van der Waals surface area contributed by atoms with Crippen LogP contribution < -0.4 is 16.0 Å². The van der Waals surface area contributed by atoms with Crippen molar-refractivity contribution in [3.05, 3.63) is 71.4 Å². The molecule has 0 amide bonds. The van der Waals surface area contributed by atoms with Gasteiger partial charge in [0.15, 0.2) is 0 Å². The number of hydrogen-bond acceptors (Lipinski definition) is 6. The topological polar surface area (TPSA) is 76.3 Å². The van der Waals surface area contributed by atoms with Gasteiger partial charge in [-0.3, -0.25) is 4.98 Å². The first-order chi connectivity index (χ1) is 17.9. The first-order valence-electron chi connectivity index (χ1n) is 12.8. The van der Waals surface area contributed by atoms with E-state index >= 15 is 8.78 Å². The maximum atomic E-state index is 15.1. The standard InChI is InChI=1S/C28H32F3N5O/c1-17-10-18(12-19(32)11-17)22-4-5-33-16-26(22)34-15-20-2-3-23(29)28(35-20)27-24(30)13-21(14-25(27)31)36-6-8-37-9-7-36/h2-5,13-14,16-19,34H,6-12,15,32H2,1H3/t17-,18+,19-/m0/s1. The highest BCUT2D eigenvalue weighted by Gasteiger charge is 2.27. The number of morpholine rings is 1. The van der Waals surface area contributed by atoms with Crippen molar-refractivity contribution >= 4 is 11.4 Å². The van der Waals surface area contributed by atoms with Crippen LogP contribution in [0.5, 0.6) is 0 Å². The molecule has 3 aromatic rings. The third kappa shape index (κ3) is 5.72. The zero-order chi connectivity index (χ0) is 25.9. The minimum absolute atomic E-state index is 0.163. The van der Waals surface area contributed by atoms with Gasteiger partial charge in [0.05, 0.1) is 42.9 Å². The molecule has 1 aliphatic carbocycles. The second-order valence-corrected chi connectivity index (χ2v) is 10.1. The summed E-state index contributed by atoms with van der Waals surface area (Å²) in [5.74, 6) is -1.64. The Bertz CT molecular complexity index is 1220. The highest BCUT2D eigenvalue weighted by Crippen LogP contribution is 2.38. The van der Waals surface area contributed by atoms with Crippen LogP contribution in [0.2, 0.25) is 0 Å². The summed E-state index contributed by atoms with van der Waals surface area (Å²) in [4.78, 5) is 10.4. The Morgan fingerprint density at radius 2 is 1.78 bits per heavy atom. The van der Waals surface area contributed by atoms with E-state index < -0.39 is 23.0 Å². The molecule has 2 fully saturated rings. The molecule has 0 spiro atoms. The molecule has 1 aliphatic heterocycles. The Morgan fingerprint density at radius 1 is 1.03 bits per heavy atom. The monoisotopic (exact) mass is 511 g/mol. The van der Waals surface area contributed by atoms with Crippen LogP contribution in [0.4, 0.5) is 24.5 Å². The van der Waals surface area contributed by atoms with E-state index in [-0.39, 0.29) is 18.3 Å². The number of nitrogens with two attached hydrogens (primary N) is 1. The van der Waals surface area contributed by atoms with Crippen LogP contribution in [0.15, 0.2) is 42.7 Å². The fourth-order valence-corrected chi connectivity index (χ4v) is 5.55. The van der Waals surface area contributed by atoms with Crippen LogP contribution in [0.3, 0.4) is 0 Å². The lowest BCUT2D eigenvalue weighted by Gasteiger charge is -2.32. The number of nitrogens with one attached hydrogen (secondary N) is 1. The molecule has 0 radical (unpaired) electrons. The van der Waals surface area contributed by atoms with Gasteiger partial charge in [0.25, 0.3) is 0 Å². The van der Waals surface area contributed by atoms with Crippen molar-refractivity contribution < 1.29 is 17.9 Å². The molecule has 37 heavy (non-hydrogen) atoms. The molecule has 1 saturated carbocycles. The Labute approximate surface area is 215 Å². The zero-order valence-corrected chi connectivity index (χ0v) is 20.9. The molecular weight excluding hydrogens is 479 g/mol. The van der Waals surface area contributed by atoms with E-state index in [1.165, 1.54) is 24.3 Å². The average Bonchev–Trinajstić information content (AvgIpc) is 2.88. The molecule has 2 aliphatic rings. The number of aromatic nitrogens is 2. The molecule has 1 aromatic carbocycles. The van der Waals surface area contributed by atoms with Gasteiger partial charge in [-0.25, -0.2) is 18.2 Å². The van der Waals surface area contributed by atoms with Crippen LogP contribution >= 0.6 is 0 Å². The van der Waals surface area contributed by atoms with E-state index in [0.717, 1.165) is 30.5 Å². The molecule has 196 valence electrons. The fraction of sp³-hybridized carbons (Fsp3) is 0.429. The first kappa shape index (κ1) is 25.5. The molecule has 5 rings (SSSR count). The summed E-state index contributed by atoms with van der Waals surface area (Å²) >= 11 is 0. The van der Waals surface area contributed by atoms with Gasteiger partial charge in [-0.05, 0) is 67.0 Å². The maximum Gasteiger partial charge on any atom is 0.149 e. The van der Waals surface area contributed by atoms with Crippen LogP contribution in [0, 0.1) is 23.4 Å². The van der Waals surface area contributed by atoms with Crippen molar-refractivity contribution in [2.24, 2.45) is 11.7 Å². The predicted molar refractivity (Wildman–Crippen MR) is 138 cm³/mol. The Hall–Kier alpha value is -3.17. The van der Waals surface area contributed by atoms with Gasteiger partial charge in [0, 0.05) is 31.0 Å². The number of rotatable bonds is 6. The average molecular weight is 512 g/mol. The molecule has 3 heterocycles. The van der Waals surface area contributed by atoms with Crippen molar-refractivity contribution in [3.63, 3.8) is 0 Å². The van der Waals surface area contributed by atoms with Crippen LogP contribution in [0.1, 0.15) is 43.4 Å². The summed E-state index contributed by atoms with van der Waals surface area (Å²) < 4.78 is 50.2. The Morgan fingerprint density at radius 3 is 2.51 bits per heavy atom. The van der Waals surface area contributed by atoms with Crippen LogP contribution in [-0.4, -0.2) is 42.3 Å². The van der Waals surface area contributed by atoms with Gasteiger partial charge in [-0.1, -0.05) is 6.92 Å². The fourth-order valence-electron chi connectivity index (χ4n) is 5.55. The lowest BCUT2D eigenvalue weighted by molar-refractivity contribution is 0.122. The normalized spacial score (nSPS) is 22.2. The molecule has 6 nitrogen and oxygen atoms in total. The highest BCUT2D eigenvalue weighted by atomic mass is 19.1. The van der Waals surface area contributed by atoms with Gasteiger partial charge in [0.1, 0.15) is 23.1 Å².